The predicted octanol–water partition coefficient (Wildman–Crippen LogP) is 3.33. The molecule has 0 heterocycles. The van der Waals surface area contributed by atoms with Gasteiger partial charge in [-0.1, -0.05) is 29.8 Å². The van der Waals surface area contributed by atoms with Gasteiger partial charge in [0.05, 0.1) is 0 Å². The van der Waals surface area contributed by atoms with Crippen LogP contribution in [0.1, 0.15) is 32.3 Å². The van der Waals surface area contributed by atoms with Crippen molar-refractivity contribution in [2.45, 2.75) is 33.1 Å². The third-order valence-corrected chi connectivity index (χ3v) is 3.48. The van der Waals surface area contributed by atoms with E-state index in [4.69, 9.17) is 5.73 Å². The summed E-state index contributed by atoms with van der Waals surface area (Å²) in [5.41, 5.74) is 7.59. The Morgan fingerprint density at radius 1 is 1.50 bits per heavy atom. The first-order valence-corrected chi connectivity index (χ1v) is 7.14. The van der Waals surface area contributed by atoms with E-state index in [-0.39, 0.29) is 5.91 Å². The number of rotatable bonds is 6. The summed E-state index contributed by atoms with van der Waals surface area (Å²) in [5, 5.41) is 2.97. The molecule has 0 radical (unpaired) electrons. The van der Waals surface area contributed by atoms with E-state index in [1.165, 1.54) is 0 Å². The Morgan fingerprint density at radius 3 is 2.83 bits per heavy atom. The Hall–Kier alpha value is -0.870. The number of hydrogen-bond donors (Lipinski definition) is 2. The Balaban J connectivity index is 2.59. The number of carbonyl (C=O) groups excluding carboxylic acids is 1. The molecule has 0 fully saturated rings. The molecule has 1 atom stereocenters. The van der Waals surface area contributed by atoms with Gasteiger partial charge in [-0.2, -0.15) is 0 Å². The maximum Gasteiger partial charge on any atom is 0.224 e. The van der Waals surface area contributed by atoms with E-state index in [1.807, 2.05) is 18.2 Å². The van der Waals surface area contributed by atoms with Gasteiger partial charge in [0.2, 0.25) is 5.91 Å². The number of benzene rings is 1. The van der Waals surface area contributed by atoms with Gasteiger partial charge in [-0.25, -0.2) is 0 Å². The second-order valence-corrected chi connectivity index (χ2v) is 5.50. The van der Waals surface area contributed by atoms with Crippen molar-refractivity contribution in [2.24, 2.45) is 11.7 Å². The monoisotopic (exact) mass is 312 g/mol. The van der Waals surface area contributed by atoms with Crippen LogP contribution in [0.25, 0.3) is 0 Å². The average molecular weight is 313 g/mol. The summed E-state index contributed by atoms with van der Waals surface area (Å²) < 4.78 is 1.04. The van der Waals surface area contributed by atoms with Crippen LogP contribution in [-0.4, -0.2) is 12.5 Å². The molecule has 18 heavy (non-hydrogen) atoms. The molecule has 0 aromatic heterocycles. The van der Waals surface area contributed by atoms with Crippen LogP contribution in [-0.2, 0) is 11.2 Å². The predicted molar refractivity (Wildman–Crippen MR) is 79.6 cm³/mol. The number of amides is 1. The lowest BCUT2D eigenvalue weighted by atomic mass is 10.1. The maximum absolute atomic E-state index is 11.8. The van der Waals surface area contributed by atoms with Crippen molar-refractivity contribution in [2.75, 3.05) is 11.9 Å². The zero-order chi connectivity index (χ0) is 13.5. The molecule has 0 saturated carbocycles. The summed E-state index contributed by atoms with van der Waals surface area (Å²) in [6, 6.07) is 5.92. The summed E-state index contributed by atoms with van der Waals surface area (Å²) in [6.07, 6.45) is 2.26. The summed E-state index contributed by atoms with van der Waals surface area (Å²) in [5.74, 6) is 0.457. The molecule has 4 heteroatoms. The lowest BCUT2D eigenvalue weighted by molar-refractivity contribution is -0.116. The highest BCUT2D eigenvalue weighted by Gasteiger charge is 2.08. The van der Waals surface area contributed by atoms with Gasteiger partial charge in [0.1, 0.15) is 0 Å². The smallest absolute Gasteiger partial charge is 0.224 e. The fourth-order valence-corrected chi connectivity index (χ4v) is 2.09. The molecule has 100 valence electrons. The van der Waals surface area contributed by atoms with Gasteiger partial charge in [0.15, 0.2) is 0 Å². The van der Waals surface area contributed by atoms with Crippen molar-refractivity contribution in [3.63, 3.8) is 0 Å². The third-order valence-electron chi connectivity index (χ3n) is 2.99. The molecule has 0 aliphatic carbocycles. The van der Waals surface area contributed by atoms with Crippen LogP contribution in [0.5, 0.6) is 0 Å². The molecular weight excluding hydrogens is 292 g/mol. The van der Waals surface area contributed by atoms with E-state index >= 15 is 0 Å². The van der Waals surface area contributed by atoms with Gasteiger partial charge >= 0.3 is 0 Å². The fraction of sp³-hybridized carbons (Fsp3) is 0.500. The first kappa shape index (κ1) is 15.2. The van der Waals surface area contributed by atoms with Crippen molar-refractivity contribution in [1.82, 2.24) is 0 Å². The van der Waals surface area contributed by atoms with Gasteiger partial charge in [-0.05, 0) is 49.1 Å². The second kappa shape index (κ2) is 7.54. The number of halogens is 1. The number of nitrogens with two attached hydrogens (primary N) is 1. The number of hydrogen-bond acceptors (Lipinski definition) is 2. The summed E-state index contributed by atoms with van der Waals surface area (Å²) >= 11 is 3.44. The summed E-state index contributed by atoms with van der Waals surface area (Å²) in [7, 11) is 0. The van der Waals surface area contributed by atoms with Gasteiger partial charge in [0, 0.05) is 16.6 Å². The van der Waals surface area contributed by atoms with Crippen molar-refractivity contribution in [1.29, 1.82) is 0 Å². The van der Waals surface area contributed by atoms with Crippen molar-refractivity contribution < 1.29 is 4.79 Å². The van der Waals surface area contributed by atoms with Crippen LogP contribution in [0.15, 0.2) is 22.7 Å². The van der Waals surface area contributed by atoms with E-state index in [0.717, 1.165) is 28.6 Å². The molecule has 1 aromatic carbocycles. The molecule has 3 nitrogen and oxygen atoms in total. The molecule has 1 rings (SSSR count). The maximum atomic E-state index is 11.8. The lowest BCUT2D eigenvalue weighted by Gasteiger charge is -2.12. The van der Waals surface area contributed by atoms with Crippen molar-refractivity contribution in [3.05, 3.63) is 28.2 Å². The quantitative estimate of drug-likeness (QED) is 0.846. The first-order valence-electron chi connectivity index (χ1n) is 6.35. The minimum atomic E-state index is 0.0623. The van der Waals surface area contributed by atoms with Gasteiger partial charge in [-0.3, -0.25) is 4.79 Å². The highest BCUT2D eigenvalue weighted by atomic mass is 79.9. The summed E-state index contributed by atoms with van der Waals surface area (Å²) in [6.45, 7) is 4.77. The van der Waals surface area contributed by atoms with Crippen LogP contribution in [0, 0.1) is 5.92 Å². The van der Waals surface area contributed by atoms with Crippen LogP contribution >= 0.6 is 15.9 Å². The molecule has 0 spiro atoms. The van der Waals surface area contributed by atoms with E-state index in [9.17, 15) is 4.79 Å². The van der Waals surface area contributed by atoms with E-state index in [0.29, 0.717) is 18.9 Å². The molecule has 1 aromatic rings. The van der Waals surface area contributed by atoms with E-state index < -0.39 is 0 Å². The molecule has 1 unspecified atom stereocenters. The van der Waals surface area contributed by atoms with Crippen molar-refractivity contribution in [3.8, 4) is 0 Å². The van der Waals surface area contributed by atoms with Gasteiger partial charge in [-0.15, -0.1) is 0 Å². The zero-order valence-corrected chi connectivity index (χ0v) is 12.6. The normalized spacial score (nSPS) is 12.2. The fourth-order valence-electron chi connectivity index (χ4n) is 1.68. The van der Waals surface area contributed by atoms with Crippen molar-refractivity contribution >= 4 is 27.5 Å². The average Bonchev–Trinajstić information content (AvgIpc) is 2.37. The summed E-state index contributed by atoms with van der Waals surface area (Å²) in [4.78, 5) is 11.8. The molecular formula is C14H21BrN2O. The topological polar surface area (TPSA) is 55.1 Å². The first-order chi connectivity index (χ1) is 8.56. The zero-order valence-electron chi connectivity index (χ0n) is 11.0. The standard InChI is InChI=1S/C14H21BrN2O/c1-3-11-8-12(15)5-6-13(11)17-14(18)7-4-10(2)9-16/h5-6,8,10H,3-4,7,9,16H2,1-2H3,(H,17,18). The third kappa shape index (κ3) is 4.78. The minimum Gasteiger partial charge on any atom is -0.330 e. The molecule has 0 saturated heterocycles. The van der Waals surface area contributed by atoms with Crippen LogP contribution in [0.4, 0.5) is 5.69 Å². The largest absolute Gasteiger partial charge is 0.330 e. The van der Waals surface area contributed by atoms with Crippen LogP contribution in [0.2, 0.25) is 0 Å². The Labute approximate surface area is 117 Å². The number of aryl methyl sites for hydroxylation is 1. The van der Waals surface area contributed by atoms with Crippen LogP contribution in [0.3, 0.4) is 0 Å². The SMILES string of the molecule is CCc1cc(Br)ccc1NC(=O)CCC(C)CN. The van der Waals surface area contributed by atoms with Gasteiger partial charge < -0.3 is 11.1 Å². The number of carbonyl (C=O) groups is 1. The molecule has 0 bridgehead atoms. The minimum absolute atomic E-state index is 0.0623. The van der Waals surface area contributed by atoms with E-state index in [2.05, 4.69) is 35.1 Å². The van der Waals surface area contributed by atoms with Crippen LogP contribution < -0.4 is 11.1 Å². The number of anilines is 1. The Kier molecular flexibility index (Phi) is 6.36. The highest BCUT2D eigenvalue weighted by molar-refractivity contribution is 9.10. The highest BCUT2D eigenvalue weighted by Crippen LogP contribution is 2.22. The Morgan fingerprint density at radius 2 is 2.22 bits per heavy atom. The second-order valence-electron chi connectivity index (χ2n) is 4.58. The Bertz CT molecular complexity index is 407. The molecule has 0 aliphatic heterocycles. The number of nitrogens with one attached hydrogen (secondary N) is 1. The molecule has 0 aliphatic rings. The van der Waals surface area contributed by atoms with Gasteiger partial charge in [0.25, 0.3) is 0 Å². The molecule has 3 N–H and O–H groups in total. The van der Waals surface area contributed by atoms with E-state index in [1.54, 1.807) is 0 Å². The lowest BCUT2D eigenvalue weighted by Crippen LogP contribution is -2.17. The molecule has 1 amide bonds.